The molecule has 2 aromatic carbocycles. The zero-order valence-corrected chi connectivity index (χ0v) is 23.3. The first-order valence-corrected chi connectivity index (χ1v) is 13.4. The van der Waals surface area contributed by atoms with Crippen LogP contribution < -0.4 is 18.9 Å². The number of carbonyl (C=O) groups excluding carboxylic acids is 1. The van der Waals surface area contributed by atoms with Crippen LogP contribution in [0.4, 0.5) is 13.6 Å². The number of carbonyl (C=O) groups is 1. The summed E-state index contributed by atoms with van der Waals surface area (Å²) in [5.74, 6) is 1.36. The van der Waals surface area contributed by atoms with Crippen molar-refractivity contribution in [2.45, 2.75) is 36.9 Å². The van der Waals surface area contributed by atoms with E-state index in [1.807, 2.05) is 0 Å². The van der Waals surface area contributed by atoms with Crippen molar-refractivity contribution in [1.29, 1.82) is 0 Å². The van der Waals surface area contributed by atoms with Crippen molar-refractivity contribution in [3.63, 3.8) is 0 Å². The van der Waals surface area contributed by atoms with Gasteiger partial charge in [0.25, 0.3) is 0 Å². The van der Waals surface area contributed by atoms with E-state index >= 15 is 0 Å². The summed E-state index contributed by atoms with van der Waals surface area (Å²) in [6.07, 6.45) is 4.05. The van der Waals surface area contributed by atoms with E-state index in [0.717, 1.165) is 24.6 Å². The number of hydrogen-bond acceptors (Lipinski definition) is 8. The molecule has 0 amide bonds. The van der Waals surface area contributed by atoms with E-state index in [2.05, 4.69) is 9.72 Å². The Hall–Kier alpha value is -2.95. The maximum Gasteiger partial charge on any atom is 0.387 e. The van der Waals surface area contributed by atoms with E-state index in [0.29, 0.717) is 40.0 Å². The Kier molecular flexibility index (Phi) is 9.99. The number of hydrogen-bond donors (Lipinski definition) is 0. The molecule has 0 radical (unpaired) electrons. The molecule has 1 aromatic heterocycles. The van der Waals surface area contributed by atoms with Gasteiger partial charge < -0.3 is 23.7 Å². The van der Waals surface area contributed by atoms with E-state index in [1.165, 1.54) is 44.8 Å². The molecule has 0 spiro atoms. The molecule has 1 aliphatic carbocycles. The Morgan fingerprint density at radius 2 is 1.74 bits per heavy atom. The van der Waals surface area contributed by atoms with Gasteiger partial charge in [-0.25, -0.2) is 4.79 Å². The van der Waals surface area contributed by atoms with Gasteiger partial charge in [0.05, 0.1) is 35.8 Å². The van der Waals surface area contributed by atoms with E-state index in [9.17, 15) is 13.6 Å². The average Bonchev–Trinajstić information content (AvgIpc) is 3.74. The normalized spacial score (nSPS) is 13.6. The van der Waals surface area contributed by atoms with Crippen LogP contribution in [-0.4, -0.2) is 37.7 Å². The third-order valence-electron chi connectivity index (χ3n) is 5.87. The molecule has 3 aromatic rings. The topological polar surface area (TPSA) is 76.1 Å². The molecular weight excluding hydrogens is 575 g/mol. The van der Waals surface area contributed by atoms with Crippen molar-refractivity contribution in [2.75, 3.05) is 20.8 Å². The fourth-order valence-corrected chi connectivity index (χ4v) is 4.95. The second-order valence-electron chi connectivity index (χ2n) is 8.60. The fourth-order valence-electron chi connectivity index (χ4n) is 3.66. The summed E-state index contributed by atoms with van der Waals surface area (Å²) in [6.45, 7) is -2.67. The highest BCUT2D eigenvalue weighted by Crippen LogP contribution is 2.40. The molecule has 12 heteroatoms. The number of pyridine rings is 1. The second kappa shape index (κ2) is 13.4. The Labute approximate surface area is 238 Å². The fraction of sp³-hybridized carbons (Fsp3) is 0.333. The number of nitrogens with zero attached hydrogens (tertiary/aromatic N) is 1. The predicted molar refractivity (Wildman–Crippen MR) is 144 cm³/mol. The third kappa shape index (κ3) is 8.03. The van der Waals surface area contributed by atoms with Crippen LogP contribution in [0.2, 0.25) is 10.0 Å². The van der Waals surface area contributed by atoms with E-state index in [4.69, 9.17) is 42.1 Å². The molecule has 0 unspecified atom stereocenters. The number of ether oxygens (including phenoxy) is 5. The Morgan fingerprint density at radius 3 is 2.38 bits per heavy atom. The predicted octanol–water partition coefficient (Wildman–Crippen LogP) is 8.01. The van der Waals surface area contributed by atoms with Crippen LogP contribution in [0.25, 0.3) is 0 Å². The quantitative estimate of drug-likeness (QED) is 0.153. The van der Waals surface area contributed by atoms with Crippen LogP contribution in [0.1, 0.15) is 30.1 Å². The molecule has 4 rings (SSSR count). The average molecular weight is 600 g/mol. The minimum Gasteiger partial charge on any atom is -0.497 e. The number of rotatable bonds is 12. The zero-order valence-electron chi connectivity index (χ0n) is 21.0. The number of alkyl halides is 2. The van der Waals surface area contributed by atoms with Gasteiger partial charge in [0.1, 0.15) is 17.6 Å². The number of methoxy groups -OCH3 is 2. The summed E-state index contributed by atoms with van der Waals surface area (Å²) < 4.78 is 53.0. The molecule has 208 valence electrons. The van der Waals surface area contributed by atoms with Gasteiger partial charge >= 0.3 is 11.9 Å². The van der Waals surface area contributed by atoms with Crippen LogP contribution in [0.5, 0.6) is 23.0 Å². The smallest absolute Gasteiger partial charge is 0.387 e. The summed E-state index contributed by atoms with van der Waals surface area (Å²) in [4.78, 5) is 17.6. The summed E-state index contributed by atoms with van der Waals surface area (Å²) in [5, 5.41) is -0.0803. The number of aromatic nitrogens is 1. The first kappa shape index (κ1) is 29.0. The highest BCUT2D eigenvalue weighted by molar-refractivity contribution is 8.13. The molecule has 0 N–H and O–H groups in total. The minimum absolute atomic E-state index is 0.0822. The van der Waals surface area contributed by atoms with Crippen molar-refractivity contribution >= 4 is 40.3 Å². The lowest BCUT2D eigenvalue weighted by atomic mass is 10.0. The highest BCUT2D eigenvalue weighted by atomic mass is 35.5. The summed E-state index contributed by atoms with van der Waals surface area (Å²) >= 11 is 13.5. The van der Waals surface area contributed by atoms with Crippen molar-refractivity contribution in [2.24, 2.45) is 5.92 Å². The van der Waals surface area contributed by atoms with Gasteiger partial charge in [-0.15, -0.1) is 0 Å². The standard InChI is InChI=1S/C27H25Cl2F2NO6S/c1-34-17-6-8-22(35-2)25(10-17)39-27(33)38-23(11-18-19(28)12-32-13-20(18)29)16-5-7-21(37-26(30)31)24(9-16)36-14-15-3-4-15/h5-10,12-13,15,23,26H,3-4,11,14H2,1-2H3/t23-/m0/s1. The van der Waals surface area contributed by atoms with Crippen LogP contribution in [0.15, 0.2) is 53.7 Å². The molecule has 39 heavy (non-hydrogen) atoms. The Bertz CT molecular complexity index is 1290. The van der Waals surface area contributed by atoms with Gasteiger partial charge in [-0.05, 0) is 72.0 Å². The molecule has 1 saturated carbocycles. The molecule has 1 heterocycles. The van der Waals surface area contributed by atoms with Gasteiger partial charge in [0.15, 0.2) is 11.5 Å². The number of benzene rings is 2. The van der Waals surface area contributed by atoms with E-state index < -0.39 is 18.0 Å². The Balaban J connectivity index is 1.65. The maximum atomic E-state index is 13.2. The zero-order chi connectivity index (χ0) is 27.9. The van der Waals surface area contributed by atoms with Crippen LogP contribution in [-0.2, 0) is 11.2 Å². The first-order chi connectivity index (χ1) is 18.8. The molecule has 7 nitrogen and oxygen atoms in total. The van der Waals surface area contributed by atoms with Crippen LogP contribution >= 0.6 is 35.0 Å². The summed E-state index contributed by atoms with van der Waals surface area (Å²) in [7, 11) is 3.00. The van der Waals surface area contributed by atoms with Crippen molar-refractivity contribution in [3.8, 4) is 23.0 Å². The Morgan fingerprint density at radius 1 is 1.03 bits per heavy atom. The number of thioether (sulfide) groups is 1. The third-order valence-corrected chi connectivity index (χ3v) is 7.32. The number of halogens is 4. The SMILES string of the molecule is COc1ccc(OC)c(SC(=O)O[C@@H](Cc2c(Cl)cncc2Cl)c2ccc(OC(F)F)c(OCC3CC3)c2)c1. The minimum atomic E-state index is -3.03. The van der Waals surface area contributed by atoms with Gasteiger partial charge in [-0.3, -0.25) is 4.98 Å². The van der Waals surface area contributed by atoms with Gasteiger partial charge in [-0.2, -0.15) is 8.78 Å². The lowest BCUT2D eigenvalue weighted by Gasteiger charge is -2.21. The lowest BCUT2D eigenvalue weighted by molar-refractivity contribution is -0.0515. The van der Waals surface area contributed by atoms with Crippen molar-refractivity contribution in [1.82, 2.24) is 4.98 Å². The largest absolute Gasteiger partial charge is 0.497 e. The van der Waals surface area contributed by atoms with Gasteiger partial charge in [0.2, 0.25) is 0 Å². The molecule has 0 saturated heterocycles. The van der Waals surface area contributed by atoms with Gasteiger partial charge in [0, 0.05) is 18.8 Å². The molecular formula is C27H25Cl2F2NO6S. The lowest BCUT2D eigenvalue weighted by Crippen LogP contribution is -2.13. The molecule has 1 fully saturated rings. The monoisotopic (exact) mass is 599 g/mol. The second-order valence-corrected chi connectivity index (χ2v) is 10.4. The first-order valence-electron chi connectivity index (χ1n) is 11.9. The maximum absolute atomic E-state index is 13.2. The molecule has 1 aliphatic rings. The summed E-state index contributed by atoms with van der Waals surface area (Å²) in [6, 6.07) is 9.44. The molecule has 1 atom stereocenters. The van der Waals surface area contributed by atoms with E-state index in [-0.39, 0.29) is 28.0 Å². The van der Waals surface area contributed by atoms with E-state index in [1.54, 1.807) is 18.2 Å². The van der Waals surface area contributed by atoms with Gasteiger partial charge in [-0.1, -0.05) is 29.3 Å². The van der Waals surface area contributed by atoms with Crippen molar-refractivity contribution < 1.29 is 37.3 Å². The van der Waals surface area contributed by atoms with Crippen LogP contribution in [0, 0.1) is 5.92 Å². The summed E-state index contributed by atoms with van der Waals surface area (Å²) in [5.41, 5.74) is 0.973. The molecule has 0 bridgehead atoms. The van der Waals surface area contributed by atoms with Crippen LogP contribution in [0.3, 0.4) is 0 Å². The highest BCUT2D eigenvalue weighted by Gasteiger charge is 2.26. The van der Waals surface area contributed by atoms with Crippen molar-refractivity contribution in [3.05, 3.63) is 70.0 Å². The molecule has 0 aliphatic heterocycles.